The minimum Gasteiger partial charge on any atom is -0.494 e. The number of nitrogens with one attached hydrogen (secondary N) is 1. The van der Waals surface area contributed by atoms with Crippen LogP contribution in [0.2, 0.25) is 0 Å². The Balaban J connectivity index is 0.948. The van der Waals surface area contributed by atoms with Crippen LogP contribution in [0, 0.1) is 5.92 Å². The van der Waals surface area contributed by atoms with Gasteiger partial charge in [0, 0.05) is 51.5 Å². The van der Waals surface area contributed by atoms with Crippen molar-refractivity contribution in [3.8, 4) is 0 Å². The van der Waals surface area contributed by atoms with Crippen LogP contribution in [0.15, 0.2) is 102 Å². The Morgan fingerprint density at radius 1 is 0.846 bits per heavy atom. The molecule has 2 N–H and O–H groups in total. The monoisotopic (exact) mass is 707 g/mol. The second kappa shape index (κ2) is 19.7. The highest BCUT2D eigenvalue weighted by molar-refractivity contribution is 5.88. The van der Waals surface area contributed by atoms with E-state index >= 15 is 0 Å². The number of aliphatic hydroxyl groups is 1. The maximum Gasteiger partial charge on any atom is 0.243 e. The number of benzene rings is 2. The fourth-order valence-electron chi connectivity index (χ4n) is 7.92. The third kappa shape index (κ3) is 11.2. The summed E-state index contributed by atoms with van der Waals surface area (Å²) in [5, 5.41) is 14.2. The number of hydrogen-bond donors (Lipinski definition) is 2. The van der Waals surface area contributed by atoms with Gasteiger partial charge in [0.25, 0.3) is 0 Å². The molecule has 4 aliphatic rings. The standard InChI is InChI=1S/C43H57N5O4/c49-37(33-52-41-24-11-22-39-38(41)21-12-25-44-39)31-46-27-29-47(30-28-46)32-42(50)48-26-8-7-23-40(48)43(51)45-36(19-9-17-34-13-3-1-4-14-34)20-10-18-35-15-5-2-6-16-35/h1-6,11-16,21-22,24-25,36-40,49H,7-10,17-20,23,26-33H2,(H,45,51)/t37-,38?,39?,40?/m1/s1. The fourth-order valence-corrected chi connectivity index (χ4v) is 7.92. The van der Waals surface area contributed by atoms with Crippen LogP contribution in [0.25, 0.3) is 0 Å². The number of carbonyl (C=O) groups is 2. The number of allylic oxidation sites excluding steroid dienone is 3. The molecule has 2 saturated heterocycles. The van der Waals surface area contributed by atoms with Crippen molar-refractivity contribution in [2.75, 3.05) is 52.4 Å². The molecule has 52 heavy (non-hydrogen) atoms. The fraction of sp³-hybridized carbons (Fsp3) is 0.512. The Morgan fingerprint density at radius 3 is 2.21 bits per heavy atom. The van der Waals surface area contributed by atoms with Crippen LogP contribution >= 0.6 is 0 Å². The molecule has 9 heteroatoms. The lowest BCUT2D eigenvalue weighted by atomic mass is 9.91. The summed E-state index contributed by atoms with van der Waals surface area (Å²) in [6, 6.07) is 20.8. The van der Waals surface area contributed by atoms with E-state index in [9.17, 15) is 14.7 Å². The molecule has 6 rings (SSSR count). The molecule has 3 unspecified atom stereocenters. The van der Waals surface area contributed by atoms with Gasteiger partial charge in [0.05, 0.1) is 18.5 Å². The summed E-state index contributed by atoms with van der Waals surface area (Å²) in [6.45, 7) is 4.75. The van der Waals surface area contributed by atoms with Crippen molar-refractivity contribution in [3.63, 3.8) is 0 Å². The summed E-state index contributed by atoms with van der Waals surface area (Å²) >= 11 is 0. The molecular formula is C43H57N5O4. The van der Waals surface area contributed by atoms with Gasteiger partial charge in [-0.1, -0.05) is 78.9 Å². The predicted octanol–water partition coefficient (Wildman–Crippen LogP) is 4.97. The van der Waals surface area contributed by atoms with Crippen LogP contribution in [0.3, 0.4) is 0 Å². The molecule has 0 spiro atoms. The first-order valence-electron chi connectivity index (χ1n) is 19.5. The van der Waals surface area contributed by atoms with Crippen LogP contribution in [0.1, 0.15) is 56.1 Å². The van der Waals surface area contributed by atoms with Gasteiger partial charge in [0.2, 0.25) is 11.8 Å². The highest BCUT2D eigenvalue weighted by Crippen LogP contribution is 2.27. The van der Waals surface area contributed by atoms with Crippen LogP contribution in [0.4, 0.5) is 0 Å². The quantitative estimate of drug-likeness (QED) is 0.241. The molecule has 0 aromatic heterocycles. The molecule has 9 nitrogen and oxygen atoms in total. The number of piperidine rings is 1. The topological polar surface area (TPSA) is 97.7 Å². The minimum absolute atomic E-state index is 0.00117. The zero-order valence-electron chi connectivity index (χ0n) is 30.6. The number of likely N-dealkylation sites (tertiary alicyclic amines) is 1. The van der Waals surface area contributed by atoms with Gasteiger partial charge in [0.15, 0.2) is 0 Å². The van der Waals surface area contributed by atoms with Crippen molar-refractivity contribution in [1.29, 1.82) is 0 Å². The number of dihydropyridines is 1. The molecule has 3 heterocycles. The molecule has 0 saturated carbocycles. The third-order valence-electron chi connectivity index (χ3n) is 10.9. The smallest absolute Gasteiger partial charge is 0.243 e. The largest absolute Gasteiger partial charge is 0.494 e. The van der Waals surface area contributed by atoms with Crippen LogP contribution in [0.5, 0.6) is 0 Å². The number of aryl methyl sites for hydroxylation is 2. The Bertz CT molecular complexity index is 1490. The summed E-state index contributed by atoms with van der Waals surface area (Å²) < 4.78 is 6.04. The van der Waals surface area contributed by atoms with Gasteiger partial charge in [-0.25, -0.2) is 0 Å². The second-order valence-corrected chi connectivity index (χ2v) is 14.8. The summed E-state index contributed by atoms with van der Waals surface area (Å²) in [4.78, 5) is 38.4. The zero-order valence-corrected chi connectivity index (χ0v) is 30.6. The number of aliphatic imine (C=N–C) groups is 1. The number of aliphatic hydroxyl groups excluding tert-OH is 1. The summed E-state index contributed by atoms with van der Waals surface area (Å²) in [7, 11) is 0. The van der Waals surface area contributed by atoms with Crippen molar-refractivity contribution in [2.24, 2.45) is 10.9 Å². The first kappa shape index (κ1) is 37.7. The number of hydrogen-bond acceptors (Lipinski definition) is 7. The highest BCUT2D eigenvalue weighted by Gasteiger charge is 2.34. The van der Waals surface area contributed by atoms with Crippen molar-refractivity contribution >= 4 is 18.0 Å². The minimum atomic E-state index is -0.609. The number of nitrogens with zero attached hydrogens (tertiary/aromatic N) is 4. The van der Waals surface area contributed by atoms with Gasteiger partial charge in [-0.15, -0.1) is 0 Å². The Labute approximate surface area is 310 Å². The number of rotatable bonds is 17. The summed E-state index contributed by atoms with van der Waals surface area (Å²) in [5.41, 5.74) is 2.65. The lowest BCUT2D eigenvalue weighted by Crippen LogP contribution is -2.57. The van der Waals surface area contributed by atoms with E-state index in [0.717, 1.165) is 83.3 Å². The molecule has 2 fully saturated rings. The van der Waals surface area contributed by atoms with Crippen LogP contribution in [-0.2, 0) is 27.2 Å². The van der Waals surface area contributed by atoms with Crippen molar-refractivity contribution < 1.29 is 19.4 Å². The lowest BCUT2D eigenvalue weighted by Gasteiger charge is -2.39. The molecule has 0 radical (unpaired) electrons. The van der Waals surface area contributed by atoms with E-state index in [0.29, 0.717) is 26.1 Å². The predicted molar refractivity (Wildman–Crippen MR) is 207 cm³/mol. The van der Waals surface area contributed by atoms with Crippen molar-refractivity contribution in [2.45, 2.75) is 82.0 Å². The van der Waals surface area contributed by atoms with Crippen LogP contribution in [-0.4, -0.2) is 114 Å². The van der Waals surface area contributed by atoms with E-state index in [1.54, 1.807) is 0 Å². The highest BCUT2D eigenvalue weighted by atomic mass is 16.5. The first-order chi connectivity index (χ1) is 25.5. The van der Waals surface area contributed by atoms with E-state index in [2.05, 4.69) is 80.8 Å². The van der Waals surface area contributed by atoms with E-state index < -0.39 is 12.1 Å². The average Bonchev–Trinajstić information content (AvgIpc) is 3.18. The first-order valence-corrected chi connectivity index (χ1v) is 19.5. The molecule has 3 aliphatic heterocycles. The van der Waals surface area contributed by atoms with E-state index in [-0.39, 0.29) is 36.4 Å². The molecule has 278 valence electrons. The number of carbonyl (C=O) groups excluding carboxylic acids is 2. The van der Waals surface area contributed by atoms with Crippen molar-refractivity contribution in [3.05, 3.63) is 108 Å². The number of fused-ring (bicyclic) bond motifs is 1. The van der Waals surface area contributed by atoms with E-state index in [1.165, 1.54) is 11.1 Å². The van der Waals surface area contributed by atoms with Gasteiger partial charge in [-0.05, 0) is 81.1 Å². The average molecular weight is 708 g/mol. The molecule has 2 aromatic rings. The van der Waals surface area contributed by atoms with Crippen molar-refractivity contribution in [1.82, 2.24) is 20.0 Å². The Kier molecular flexibility index (Phi) is 14.3. The van der Waals surface area contributed by atoms with Gasteiger partial charge < -0.3 is 20.1 Å². The van der Waals surface area contributed by atoms with E-state index in [4.69, 9.17) is 4.74 Å². The van der Waals surface area contributed by atoms with Gasteiger partial charge in [0.1, 0.15) is 24.5 Å². The number of piperazine rings is 1. The maximum atomic E-state index is 13.9. The number of β-amino-alcohol motifs (C(OH)–C–C–N with tert-alkyl or cyclic N) is 1. The molecule has 2 amide bonds. The maximum absolute atomic E-state index is 13.9. The van der Waals surface area contributed by atoms with Gasteiger partial charge in [-0.2, -0.15) is 0 Å². The molecule has 4 atom stereocenters. The second-order valence-electron chi connectivity index (χ2n) is 14.8. The normalized spacial score (nSPS) is 22.5. The molecule has 1 aliphatic carbocycles. The van der Waals surface area contributed by atoms with Crippen LogP contribution < -0.4 is 5.32 Å². The number of amides is 2. The zero-order chi connectivity index (χ0) is 36.0. The molecule has 2 aromatic carbocycles. The third-order valence-corrected chi connectivity index (χ3v) is 10.9. The Morgan fingerprint density at radius 2 is 1.52 bits per heavy atom. The summed E-state index contributed by atoms with van der Waals surface area (Å²) in [6.07, 6.45) is 19.7. The van der Waals surface area contributed by atoms with Gasteiger partial charge >= 0.3 is 0 Å². The summed E-state index contributed by atoms with van der Waals surface area (Å²) in [5.74, 6) is 0.973. The lowest BCUT2D eigenvalue weighted by molar-refractivity contribution is -0.143. The SMILES string of the molecule is O=C(NC(CCCc1ccccc1)CCCc1ccccc1)C1CCCCN1C(=O)CN1CCN(C[C@@H](O)COC2=CC=CC3N=CC=CC23)CC1. The number of ether oxygens (including phenoxy) is 1. The van der Waals surface area contributed by atoms with Gasteiger partial charge in [-0.3, -0.25) is 24.4 Å². The Hall–Kier alpha value is -4.05. The molecular weight excluding hydrogens is 651 g/mol. The molecule has 0 bridgehead atoms. The van der Waals surface area contributed by atoms with E-state index in [1.807, 2.05) is 41.5 Å².